The predicted molar refractivity (Wildman–Crippen MR) is 141 cm³/mol. The molecule has 1 aromatic rings. The number of aliphatic hydroxyl groups is 2. The van der Waals surface area contributed by atoms with Gasteiger partial charge in [0.25, 0.3) is 0 Å². The van der Waals surface area contributed by atoms with E-state index < -0.39 is 27.2 Å². The fourth-order valence-corrected chi connectivity index (χ4v) is 7.36. The number of halogens is 1. The van der Waals surface area contributed by atoms with Gasteiger partial charge in [-0.3, -0.25) is 0 Å². The van der Waals surface area contributed by atoms with Gasteiger partial charge in [0.05, 0.1) is 17.1 Å². The van der Waals surface area contributed by atoms with Crippen LogP contribution in [0, 0.1) is 17.3 Å². The highest BCUT2D eigenvalue weighted by Gasteiger charge is 2.45. The smallest absolute Gasteiger partial charge is 0.232 e. The summed E-state index contributed by atoms with van der Waals surface area (Å²) >= 11 is 0. The van der Waals surface area contributed by atoms with Crippen LogP contribution in [-0.2, 0) is 9.84 Å². The predicted octanol–water partition coefficient (Wildman–Crippen LogP) is 6.36. The molecule has 0 radical (unpaired) electrons. The largest absolute Gasteiger partial charge is 0.393 e. The summed E-state index contributed by atoms with van der Waals surface area (Å²) in [6.45, 7) is 8.34. The molecular weight excluding hydrogens is 475 g/mol. The van der Waals surface area contributed by atoms with Crippen LogP contribution in [-0.4, -0.2) is 30.8 Å². The Bertz CT molecular complexity index is 1220. The van der Waals surface area contributed by atoms with Gasteiger partial charge in [-0.15, -0.1) is 0 Å². The van der Waals surface area contributed by atoms with E-state index in [9.17, 15) is 23.0 Å². The minimum absolute atomic E-state index is 0.0258. The molecule has 4 rings (SSSR count). The van der Waals surface area contributed by atoms with Crippen LogP contribution in [0.15, 0.2) is 93.6 Å². The highest BCUT2D eigenvalue weighted by molar-refractivity contribution is 7.95. The maximum Gasteiger partial charge on any atom is 0.232 e. The summed E-state index contributed by atoms with van der Waals surface area (Å²) in [5.74, 6) is 0.368. The van der Waals surface area contributed by atoms with Gasteiger partial charge in [0.1, 0.15) is 0 Å². The molecular formula is C30H37FO4S. The van der Waals surface area contributed by atoms with Crippen molar-refractivity contribution < 1.29 is 23.0 Å². The van der Waals surface area contributed by atoms with Crippen LogP contribution in [0.2, 0.25) is 0 Å². The molecule has 0 bridgehead atoms. The SMILES string of the molecule is C=C1/C(=C\C=C2/CCC[C@]3(C)C([C@H](C)C/C=C(/F)S(=O)(=O)c4ccccc4)=CC[C@@H]23)C[C@@H](O)C[C@@H]1O. The molecule has 6 heteroatoms. The second kappa shape index (κ2) is 10.6. The molecule has 0 aliphatic heterocycles. The van der Waals surface area contributed by atoms with Crippen LogP contribution in [0.3, 0.4) is 0 Å². The number of hydrogen-bond donors (Lipinski definition) is 2. The molecule has 2 saturated carbocycles. The summed E-state index contributed by atoms with van der Waals surface area (Å²) in [5, 5.41) is 19.1. The molecule has 2 fully saturated rings. The van der Waals surface area contributed by atoms with Gasteiger partial charge in [-0.25, -0.2) is 8.42 Å². The second-order valence-corrected chi connectivity index (χ2v) is 12.6. The minimum Gasteiger partial charge on any atom is -0.393 e. The number of benzene rings is 1. The quantitative estimate of drug-likeness (QED) is 0.435. The van der Waals surface area contributed by atoms with Crippen molar-refractivity contribution in [2.24, 2.45) is 17.3 Å². The lowest BCUT2D eigenvalue weighted by Gasteiger charge is -2.42. The van der Waals surface area contributed by atoms with Crippen LogP contribution in [0.1, 0.15) is 58.8 Å². The monoisotopic (exact) mass is 512 g/mol. The highest BCUT2D eigenvalue weighted by atomic mass is 32.2. The molecule has 0 saturated heterocycles. The van der Waals surface area contributed by atoms with Crippen molar-refractivity contribution in [2.75, 3.05) is 0 Å². The third-order valence-corrected chi connectivity index (χ3v) is 9.92. The Labute approximate surface area is 214 Å². The van der Waals surface area contributed by atoms with Crippen LogP contribution in [0.4, 0.5) is 4.39 Å². The molecule has 0 spiro atoms. The zero-order valence-electron chi connectivity index (χ0n) is 21.2. The lowest BCUT2D eigenvalue weighted by molar-refractivity contribution is 0.0862. The van der Waals surface area contributed by atoms with E-state index in [0.717, 1.165) is 31.3 Å². The lowest BCUT2D eigenvalue weighted by atomic mass is 9.62. The Morgan fingerprint density at radius 3 is 2.69 bits per heavy atom. The summed E-state index contributed by atoms with van der Waals surface area (Å²) in [7, 11) is -4.12. The maximum absolute atomic E-state index is 14.8. The fourth-order valence-electron chi connectivity index (χ4n) is 6.30. The third-order valence-electron chi connectivity index (χ3n) is 8.35. The zero-order valence-corrected chi connectivity index (χ0v) is 22.0. The van der Waals surface area contributed by atoms with Crippen LogP contribution in [0.5, 0.6) is 0 Å². The molecule has 2 N–H and O–H groups in total. The first kappa shape index (κ1) is 26.8. The molecule has 3 aliphatic carbocycles. The number of rotatable bonds is 6. The van der Waals surface area contributed by atoms with Gasteiger partial charge in [-0.05, 0) is 85.1 Å². The molecule has 0 amide bonds. The summed E-state index contributed by atoms with van der Waals surface area (Å²) in [4.78, 5) is -0.0321. The molecule has 194 valence electrons. The number of aliphatic hydroxyl groups excluding tert-OH is 2. The first-order chi connectivity index (χ1) is 17.0. The average Bonchev–Trinajstić information content (AvgIpc) is 3.21. The topological polar surface area (TPSA) is 74.6 Å². The van der Waals surface area contributed by atoms with Crippen molar-refractivity contribution in [3.8, 4) is 0 Å². The van der Waals surface area contributed by atoms with E-state index in [0.29, 0.717) is 30.8 Å². The maximum atomic E-state index is 14.8. The molecule has 3 aliphatic rings. The van der Waals surface area contributed by atoms with Gasteiger partial charge in [0.15, 0.2) is 0 Å². The van der Waals surface area contributed by atoms with E-state index in [1.165, 1.54) is 29.4 Å². The first-order valence-corrected chi connectivity index (χ1v) is 14.3. The zero-order chi connectivity index (χ0) is 26.1. The molecule has 0 heterocycles. The average molecular weight is 513 g/mol. The van der Waals surface area contributed by atoms with Gasteiger partial charge in [-0.2, -0.15) is 4.39 Å². The summed E-state index contributed by atoms with van der Waals surface area (Å²) in [6, 6.07) is 7.70. The number of fused-ring (bicyclic) bond motifs is 1. The second-order valence-electron chi connectivity index (χ2n) is 10.7. The van der Waals surface area contributed by atoms with Gasteiger partial charge < -0.3 is 10.2 Å². The van der Waals surface area contributed by atoms with Crippen LogP contribution >= 0.6 is 0 Å². The molecule has 4 nitrogen and oxygen atoms in total. The van der Waals surface area contributed by atoms with Gasteiger partial charge in [-0.1, -0.05) is 68.0 Å². The van der Waals surface area contributed by atoms with Gasteiger partial charge in [0.2, 0.25) is 15.0 Å². The van der Waals surface area contributed by atoms with E-state index >= 15 is 0 Å². The normalized spacial score (nSPS) is 32.5. The van der Waals surface area contributed by atoms with Crippen molar-refractivity contribution in [3.63, 3.8) is 0 Å². The molecule has 36 heavy (non-hydrogen) atoms. The summed E-state index contributed by atoms with van der Waals surface area (Å²) < 4.78 is 39.9. The fraction of sp³-hybridized carbons (Fsp3) is 0.467. The van der Waals surface area contributed by atoms with Gasteiger partial charge in [0, 0.05) is 6.42 Å². The van der Waals surface area contributed by atoms with Gasteiger partial charge >= 0.3 is 0 Å². The Hall–Kier alpha value is -2.28. The number of sulfone groups is 1. The molecule has 1 aromatic carbocycles. The highest BCUT2D eigenvalue weighted by Crippen LogP contribution is 2.57. The third kappa shape index (κ3) is 5.22. The van der Waals surface area contributed by atoms with Crippen molar-refractivity contribution in [3.05, 3.63) is 88.7 Å². The molecule has 0 unspecified atom stereocenters. The Kier molecular flexibility index (Phi) is 7.89. The van der Waals surface area contributed by atoms with Crippen molar-refractivity contribution in [1.82, 2.24) is 0 Å². The summed E-state index contributed by atoms with van der Waals surface area (Å²) in [6.07, 6.45) is 11.6. The first-order valence-electron chi connectivity index (χ1n) is 12.8. The van der Waals surface area contributed by atoms with E-state index in [1.807, 2.05) is 13.0 Å². The number of hydrogen-bond acceptors (Lipinski definition) is 4. The van der Waals surface area contributed by atoms with E-state index in [1.54, 1.807) is 18.2 Å². The number of allylic oxidation sites excluding steroid dienone is 6. The van der Waals surface area contributed by atoms with E-state index in [-0.39, 0.29) is 16.2 Å². The molecule has 0 aromatic heterocycles. The van der Waals surface area contributed by atoms with Crippen molar-refractivity contribution >= 4 is 9.84 Å². The van der Waals surface area contributed by atoms with Crippen LogP contribution in [0.25, 0.3) is 0 Å². The van der Waals surface area contributed by atoms with E-state index in [2.05, 4.69) is 25.7 Å². The van der Waals surface area contributed by atoms with Crippen LogP contribution < -0.4 is 0 Å². The van der Waals surface area contributed by atoms with E-state index in [4.69, 9.17) is 0 Å². The Morgan fingerprint density at radius 2 is 1.97 bits per heavy atom. The van der Waals surface area contributed by atoms with Crippen molar-refractivity contribution in [1.29, 1.82) is 0 Å². The Morgan fingerprint density at radius 1 is 1.25 bits per heavy atom. The standard InChI is InChI=1S/C30H37FO4S/c1-20(11-16-29(31)36(34,35)25-9-5-4-6-10-25)26-14-15-27-22(8-7-17-30(26,27)3)12-13-23-18-24(32)19-28(33)21(23)2/h4-6,9-10,12-14,16,20,24,27-28,32-33H,2,7-8,11,15,17-19H2,1,3H3/b22-12+,23-13-,29-16-/t20-,24-,27+,28+,30-/m1/s1. The Balaban J connectivity index is 1.49. The lowest BCUT2D eigenvalue weighted by Crippen LogP contribution is -2.32. The molecule has 5 atom stereocenters. The summed E-state index contributed by atoms with van der Waals surface area (Å²) in [5.41, 5.74) is 4.17. The minimum atomic E-state index is -4.12. The van der Waals surface area contributed by atoms with Crippen molar-refractivity contribution in [2.45, 2.75) is 75.9 Å².